The van der Waals surface area contributed by atoms with Crippen molar-refractivity contribution >= 4 is 11.9 Å². The van der Waals surface area contributed by atoms with E-state index in [1.54, 1.807) is 11.9 Å². The molecule has 4 heteroatoms. The van der Waals surface area contributed by atoms with E-state index in [-0.39, 0.29) is 18.4 Å². The normalized spacial score (nSPS) is 12.2. The van der Waals surface area contributed by atoms with Gasteiger partial charge in [0, 0.05) is 25.9 Å². The highest BCUT2D eigenvalue weighted by Crippen LogP contribution is 2.05. The molecule has 0 aliphatic rings. The van der Waals surface area contributed by atoms with Crippen LogP contribution in [0.2, 0.25) is 0 Å². The summed E-state index contributed by atoms with van der Waals surface area (Å²) in [6, 6.07) is 0.229. The molecule has 0 saturated heterocycles. The summed E-state index contributed by atoms with van der Waals surface area (Å²) in [5.41, 5.74) is 0. The molecule has 0 heterocycles. The Bertz CT molecular complexity index is 204. The highest BCUT2D eigenvalue weighted by Gasteiger charge is 2.13. The van der Waals surface area contributed by atoms with Crippen molar-refractivity contribution < 1.29 is 14.7 Å². The summed E-state index contributed by atoms with van der Waals surface area (Å²) >= 11 is 0. The van der Waals surface area contributed by atoms with Gasteiger partial charge in [0.05, 0.1) is 0 Å². The van der Waals surface area contributed by atoms with E-state index in [9.17, 15) is 9.59 Å². The highest BCUT2D eigenvalue weighted by molar-refractivity contribution is 5.77. The Morgan fingerprint density at radius 2 is 1.93 bits per heavy atom. The van der Waals surface area contributed by atoms with Crippen molar-refractivity contribution in [2.24, 2.45) is 0 Å². The molecule has 1 unspecified atom stereocenters. The molecule has 1 atom stereocenters. The predicted octanol–water partition coefficient (Wildman–Crippen LogP) is 1.50. The fourth-order valence-electron chi connectivity index (χ4n) is 1.09. The van der Waals surface area contributed by atoms with Crippen LogP contribution in [0.5, 0.6) is 0 Å². The Balaban J connectivity index is 3.78. The Morgan fingerprint density at radius 1 is 1.36 bits per heavy atom. The lowest BCUT2D eigenvalue weighted by molar-refractivity contribution is -0.137. The Morgan fingerprint density at radius 3 is 2.36 bits per heavy atom. The fourth-order valence-corrected chi connectivity index (χ4v) is 1.09. The van der Waals surface area contributed by atoms with Crippen LogP contribution in [0.15, 0.2) is 0 Å². The minimum Gasteiger partial charge on any atom is -0.481 e. The summed E-state index contributed by atoms with van der Waals surface area (Å²) in [6.45, 7) is 4.00. The number of amides is 1. The van der Waals surface area contributed by atoms with Gasteiger partial charge in [-0.3, -0.25) is 9.59 Å². The summed E-state index contributed by atoms with van der Waals surface area (Å²) in [5, 5.41) is 8.40. The van der Waals surface area contributed by atoms with Gasteiger partial charge in [-0.1, -0.05) is 6.92 Å². The van der Waals surface area contributed by atoms with Gasteiger partial charge >= 0.3 is 5.97 Å². The van der Waals surface area contributed by atoms with Gasteiger partial charge in [0.25, 0.3) is 0 Å². The zero-order valence-electron chi connectivity index (χ0n) is 9.12. The van der Waals surface area contributed by atoms with Crippen molar-refractivity contribution in [3.05, 3.63) is 0 Å². The van der Waals surface area contributed by atoms with Crippen molar-refractivity contribution in [1.82, 2.24) is 4.90 Å². The van der Waals surface area contributed by atoms with E-state index in [0.29, 0.717) is 12.8 Å². The summed E-state index contributed by atoms with van der Waals surface area (Å²) in [4.78, 5) is 23.4. The van der Waals surface area contributed by atoms with Crippen LogP contribution in [-0.2, 0) is 9.59 Å². The van der Waals surface area contributed by atoms with Crippen LogP contribution in [-0.4, -0.2) is 35.0 Å². The van der Waals surface area contributed by atoms with Crippen molar-refractivity contribution in [2.45, 2.75) is 45.6 Å². The lowest BCUT2D eigenvalue weighted by atomic mass is 10.2. The molecule has 0 aromatic heterocycles. The summed E-state index contributed by atoms with van der Waals surface area (Å²) in [7, 11) is 1.76. The second-order valence-electron chi connectivity index (χ2n) is 3.51. The Hall–Kier alpha value is -1.06. The number of rotatable bonds is 6. The van der Waals surface area contributed by atoms with E-state index in [0.717, 1.165) is 6.42 Å². The van der Waals surface area contributed by atoms with Crippen LogP contribution in [0.1, 0.15) is 39.5 Å². The molecule has 1 N–H and O–H groups in total. The minimum atomic E-state index is -0.844. The number of carbonyl (C=O) groups excluding carboxylic acids is 1. The Kier molecular flexibility index (Phi) is 5.92. The summed E-state index contributed by atoms with van der Waals surface area (Å²) in [6.07, 6.45) is 1.74. The lowest BCUT2D eigenvalue weighted by Gasteiger charge is -2.23. The maximum atomic E-state index is 11.5. The second-order valence-corrected chi connectivity index (χ2v) is 3.51. The van der Waals surface area contributed by atoms with Crippen molar-refractivity contribution in [2.75, 3.05) is 7.05 Å². The first-order valence-corrected chi connectivity index (χ1v) is 4.96. The van der Waals surface area contributed by atoms with Gasteiger partial charge in [-0.2, -0.15) is 0 Å². The quantitative estimate of drug-likeness (QED) is 0.708. The van der Waals surface area contributed by atoms with Crippen LogP contribution >= 0.6 is 0 Å². The molecule has 0 aliphatic carbocycles. The molecule has 0 aromatic carbocycles. The topological polar surface area (TPSA) is 57.6 Å². The van der Waals surface area contributed by atoms with Crippen molar-refractivity contribution in [3.63, 3.8) is 0 Å². The molecule has 0 radical (unpaired) electrons. The maximum absolute atomic E-state index is 11.5. The molecule has 4 nitrogen and oxygen atoms in total. The average Bonchev–Trinajstić information content (AvgIpc) is 2.14. The van der Waals surface area contributed by atoms with Gasteiger partial charge in [0.15, 0.2) is 0 Å². The molecule has 0 rings (SSSR count). The van der Waals surface area contributed by atoms with E-state index in [2.05, 4.69) is 0 Å². The SMILES string of the molecule is CCC(C)N(C)C(=O)CCCC(=O)O. The number of nitrogens with zero attached hydrogens (tertiary/aromatic N) is 1. The molecule has 0 fully saturated rings. The first kappa shape index (κ1) is 12.9. The van der Waals surface area contributed by atoms with Gasteiger partial charge in [-0.25, -0.2) is 0 Å². The molecule has 0 saturated carbocycles. The first-order chi connectivity index (χ1) is 6.49. The van der Waals surface area contributed by atoms with Gasteiger partial charge in [0.1, 0.15) is 0 Å². The molecule has 0 bridgehead atoms. The first-order valence-electron chi connectivity index (χ1n) is 4.96. The van der Waals surface area contributed by atoms with Crippen molar-refractivity contribution in [1.29, 1.82) is 0 Å². The second kappa shape index (κ2) is 6.40. The van der Waals surface area contributed by atoms with E-state index < -0.39 is 5.97 Å². The smallest absolute Gasteiger partial charge is 0.303 e. The van der Waals surface area contributed by atoms with E-state index in [1.807, 2.05) is 13.8 Å². The molecule has 0 aliphatic heterocycles. The molecule has 0 aromatic rings. The highest BCUT2D eigenvalue weighted by atomic mass is 16.4. The predicted molar refractivity (Wildman–Crippen MR) is 54.0 cm³/mol. The molecule has 0 spiro atoms. The number of carboxylic acid groups (broad SMARTS) is 1. The maximum Gasteiger partial charge on any atom is 0.303 e. The fraction of sp³-hybridized carbons (Fsp3) is 0.800. The zero-order chi connectivity index (χ0) is 11.1. The third-order valence-corrected chi connectivity index (χ3v) is 2.43. The number of hydrogen-bond donors (Lipinski definition) is 1. The van der Waals surface area contributed by atoms with Crippen molar-refractivity contribution in [3.8, 4) is 0 Å². The molecule has 82 valence electrons. The number of hydrogen-bond acceptors (Lipinski definition) is 2. The third kappa shape index (κ3) is 4.84. The van der Waals surface area contributed by atoms with Gasteiger partial charge in [0.2, 0.25) is 5.91 Å². The van der Waals surface area contributed by atoms with Gasteiger partial charge < -0.3 is 10.0 Å². The lowest BCUT2D eigenvalue weighted by Crippen LogP contribution is -2.34. The van der Waals surface area contributed by atoms with Crippen LogP contribution in [0.4, 0.5) is 0 Å². The summed E-state index contributed by atoms with van der Waals surface area (Å²) < 4.78 is 0. The van der Waals surface area contributed by atoms with Crippen LogP contribution in [0, 0.1) is 0 Å². The van der Waals surface area contributed by atoms with E-state index in [1.165, 1.54) is 0 Å². The van der Waals surface area contributed by atoms with Crippen LogP contribution < -0.4 is 0 Å². The Labute approximate surface area is 84.9 Å². The standard InChI is InChI=1S/C10H19NO3/c1-4-8(2)11(3)9(12)6-5-7-10(13)14/h8H,4-7H2,1-3H3,(H,13,14). The van der Waals surface area contributed by atoms with E-state index >= 15 is 0 Å². The zero-order valence-corrected chi connectivity index (χ0v) is 9.12. The number of carboxylic acids is 1. The third-order valence-electron chi connectivity index (χ3n) is 2.43. The molecule has 14 heavy (non-hydrogen) atoms. The molecular weight excluding hydrogens is 182 g/mol. The molecule has 1 amide bonds. The van der Waals surface area contributed by atoms with Gasteiger partial charge in [-0.05, 0) is 19.8 Å². The van der Waals surface area contributed by atoms with Gasteiger partial charge in [-0.15, -0.1) is 0 Å². The molecular formula is C10H19NO3. The van der Waals surface area contributed by atoms with E-state index in [4.69, 9.17) is 5.11 Å². The minimum absolute atomic E-state index is 0.0283. The largest absolute Gasteiger partial charge is 0.481 e. The summed E-state index contributed by atoms with van der Waals surface area (Å²) in [5.74, 6) is -0.815. The monoisotopic (exact) mass is 201 g/mol. The average molecular weight is 201 g/mol. The number of aliphatic carboxylic acids is 1. The van der Waals surface area contributed by atoms with Crippen LogP contribution in [0.3, 0.4) is 0 Å². The number of carbonyl (C=O) groups is 2. The van der Waals surface area contributed by atoms with Crippen LogP contribution in [0.25, 0.3) is 0 Å².